The number of aromatic nitrogens is 1. The van der Waals surface area contributed by atoms with E-state index in [-0.39, 0.29) is 0 Å². The number of rotatable bonds is 6. The summed E-state index contributed by atoms with van der Waals surface area (Å²) in [5.41, 5.74) is 0.894. The summed E-state index contributed by atoms with van der Waals surface area (Å²) < 4.78 is 11.5. The van der Waals surface area contributed by atoms with Gasteiger partial charge in [-0.15, -0.1) is 0 Å². The minimum absolute atomic E-state index is 0.671. The van der Waals surface area contributed by atoms with Gasteiger partial charge in [0.1, 0.15) is 0 Å². The van der Waals surface area contributed by atoms with E-state index in [1.807, 2.05) is 6.07 Å². The van der Waals surface area contributed by atoms with E-state index < -0.39 is 0 Å². The van der Waals surface area contributed by atoms with Crippen molar-refractivity contribution in [1.82, 2.24) is 10.3 Å². The summed E-state index contributed by atoms with van der Waals surface area (Å²) in [6, 6.07) is 1.85. The first-order valence-corrected chi connectivity index (χ1v) is 6.49. The summed E-state index contributed by atoms with van der Waals surface area (Å²) in [4.78, 5) is 4.24. The number of nitrogens with one attached hydrogen (secondary N) is 1. The molecule has 0 atom stereocenters. The van der Waals surface area contributed by atoms with E-state index in [0.717, 1.165) is 43.1 Å². The quantitative estimate of drug-likeness (QED) is 0.832. The molecule has 2 aromatic rings. The Morgan fingerprint density at radius 2 is 2.29 bits per heavy atom. The van der Waals surface area contributed by atoms with Crippen LogP contribution < -0.4 is 5.32 Å². The number of furan rings is 1. The first kappa shape index (κ1) is 12.4. The monoisotopic (exact) mass is 298 g/mol. The zero-order valence-electron chi connectivity index (χ0n) is 9.70. The van der Waals surface area contributed by atoms with Crippen LogP contribution in [0.25, 0.3) is 11.3 Å². The van der Waals surface area contributed by atoms with E-state index in [1.54, 1.807) is 12.5 Å². The minimum atomic E-state index is 0.671. The lowest BCUT2D eigenvalue weighted by Gasteiger charge is -1.99. The predicted octanol–water partition coefficient (Wildman–Crippen LogP) is 3.24. The van der Waals surface area contributed by atoms with Gasteiger partial charge in [0.15, 0.2) is 16.3 Å². The Kier molecular flexibility index (Phi) is 4.39. The normalized spacial score (nSPS) is 10.9. The maximum Gasteiger partial charge on any atom is 0.196 e. The molecule has 0 aliphatic heterocycles. The number of hydrogen-bond donors (Lipinski definition) is 1. The van der Waals surface area contributed by atoms with Crippen LogP contribution in [-0.4, -0.2) is 18.1 Å². The van der Waals surface area contributed by atoms with Gasteiger partial charge >= 0.3 is 0 Å². The van der Waals surface area contributed by atoms with Crippen LogP contribution in [0.5, 0.6) is 0 Å². The van der Waals surface area contributed by atoms with Crippen LogP contribution in [0.2, 0.25) is 0 Å². The van der Waals surface area contributed by atoms with Crippen molar-refractivity contribution in [2.24, 2.45) is 0 Å². The topological polar surface area (TPSA) is 51.2 Å². The van der Waals surface area contributed by atoms with Crippen LogP contribution in [0.15, 0.2) is 32.0 Å². The first-order valence-electron chi connectivity index (χ1n) is 5.70. The van der Waals surface area contributed by atoms with Crippen LogP contribution in [0.4, 0.5) is 0 Å². The van der Waals surface area contributed by atoms with Gasteiger partial charge in [0.2, 0.25) is 0 Å². The summed E-state index contributed by atoms with van der Waals surface area (Å²) in [5.74, 6) is 1.48. The van der Waals surface area contributed by atoms with Crippen molar-refractivity contribution in [3.8, 4) is 11.3 Å². The molecule has 0 saturated carbocycles. The molecule has 0 radical (unpaired) electrons. The van der Waals surface area contributed by atoms with Crippen molar-refractivity contribution in [3.05, 3.63) is 29.1 Å². The van der Waals surface area contributed by atoms with Crippen LogP contribution in [0, 0.1) is 0 Å². The Morgan fingerprint density at radius 1 is 1.41 bits per heavy atom. The third-order valence-corrected chi connectivity index (χ3v) is 2.99. The molecule has 5 heteroatoms. The van der Waals surface area contributed by atoms with E-state index in [1.165, 1.54) is 0 Å². The molecule has 2 aromatic heterocycles. The Morgan fingerprint density at radius 3 is 3.00 bits per heavy atom. The summed E-state index contributed by atoms with van der Waals surface area (Å²) in [6.45, 7) is 4.06. The Bertz CT molecular complexity index is 465. The van der Waals surface area contributed by atoms with Crippen molar-refractivity contribution in [2.75, 3.05) is 13.1 Å². The molecule has 0 spiro atoms. The lowest BCUT2D eigenvalue weighted by atomic mass is 10.3. The van der Waals surface area contributed by atoms with Crippen molar-refractivity contribution in [2.45, 2.75) is 19.8 Å². The van der Waals surface area contributed by atoms with E-state index in [4.69, 9.17) is 8.83 Å². The second kappa shape index (κ2) is 6.02. The fourth-order valence-corrected chi connectivity index (χ4v) is 1.95. The van der Waals surface area contributed by atoms with Gasteiger partial charge in [0.05, 0.1) is 18.0 Å². The van der Waals surface area contributed by atoms with E-state index in [0.29, 0.717) is 4.67 Å². The zero-order valence-corrected chi connectivity index (χ0v) is 11.3. The van der Waals surface area contributed by atoms with Crippen LogP contribution >= 0.6 is 15.9 Å². The SMILES string of the molecule is CCCNCCc1ncc(-c2ccoc2Br)o1. The summed E-state index contributed by atoms with van der Waals surface area (Å²) in [6.07, 6.45) is 5.28. The van der Waals surface area contributed by atoms with Gasteiger partial charge in [0.25, 0.3) is 0 Å². The van der Waals surface area contributed by atoms with Gasteiger partial charge in [-0.25, -0.2) is 4.98 Å². The molecular weight excluding hydrogens is 284 g/mol. The molecule has 0 saturated heterocycles. The minimum Gasteiger partial charge on any atom is -0.457 e. The average Bonchev–Trinajstić information content (AvgIpc) is 2.93. The highest BCUT2D eigenvalue weighted by atomic mass is 79.9. The average molecular weight is 299 g/mol. The van der Waals surface area contributed by atoms with Gasteiger partial charge in [-0.05, 0) is 35.0 Å². The highest BCUT2D eigenvalue weighted by Gasteiger charge is 2.11. The molecule has 0 aliphatic carbocycles. The van der Waals surface area contributed by atoms with E-state index in [2.05, 4.69) is 33.2 Å². The van der Waals surface area contributed by atoms with Crippen LogP contribution in [-0.2, 0) is 6.42 Å². The standard InChI is InChI=1S/C12H15BrN2O2/c1-2-5-14-6-3-11-15-8-10(17-11)9-4-7-16-12(9)13/h4,7-8,14H,2-3,5-6H2,1H3. The highest BCUT2D eigenvalue weighted by Crippen LogP contribution is 2.29. The highest BCUT2D eigenvalue weighted by molar-refractivity contribution is 9.10. The van der Waals surface area contributed by atoms with Gasteiger partial charge in [-0.1, -0.05) is 6.92 Å². The Hall–Kier alpha value is -1.07. The van der Waals surface area contributed by atoms with E-state index >= 15 is 0 Å². The molecule has 0 unspecified atom stereocenters. The van der Waals surface area contributed by atoms with Gasteiger partial charge in [-0.3, -0.25) is 0 Å². The van der Waals surface area contributed by atoms with E-state index in [9.17, 15) is 0 Å². The van der Waals surface area contributed by atoms with Crippen molar-refractivity contribution >= 4 is 15.9 Å². The van der Waals surface area contributed by atoms with Gasteiger partial charge in [-0.2, -0.15) is 0 Å². The molecule has 0 amide bonds. The number of oxazole rings is 1. The molecular formula is C12H15BrN2O2. The fourth-order valence-electron chi connectivity index (χ4n) is 1.52. The largest absolute Gasteiger partial charge is 0.457 e. The maximum atomic E-state index is 5.65. The first-order chi connectivity index (χ1) is 8.31. The zero-order chi connectivity index (χ0) is 12.1. The third-order valence-electron chi connectivity index (χ3n) is 2.38. The second-order valence-corrected chi connectivity index (χ2v) is 4.45. The van der Waals surface area contributed by atoms with Crippen molar-refractivity contribution in [1.29, 1.82) is 0 Å². The molecule has 0 aromatic carbocycles. The number of halogens is 1. The lowest BCUT2D eigenvalue weighted by Crippen LogP contribution is -2.17. The maximum absolute atomic E-state index is 5.65. The van der Waals surface area contributed by atoms with Crippen LogP contribution in [0.1, 0.15) is 19.2 Å². The Labute approximate surface area is 109 Å². The van der Waals surface area contributed by atoms with Crippen molar-refractivity contribution < 1.29 is 8.83 Å². The molecule has 17 heavy (non-hydrogen) atoms. The number of hydrogen-bond acceptors (Lipinski definition) is 4. The fraction of sp³-hybridized carbons (Fsp3) is 0.417. The summed E-state index contributed by atoms with van der Waals surface area (Å²) in [7, 11) is 0. The Balaban J connectivity index is 1.95. The molecule has 0 aliphatic rings. The van der Waals surface area contributed by atoms with Gasteiger partial charge in [0, 0.05) is 13.0 Å². The molecule has 0 fully saturated rings. The molecule has 92 valence electrons. The molecule has 4 nitrogen and oxygen atoms in total. The summed E-state index contributed by atoms with van der Waals surface area (Å²) >= 11 is 3.32. The number of nitrogens with zero attached hydrogens (tertiary/aromatic N) is 1. The molecule has 2 heterocycles. The molecule has 0 bridgehead atoms. The smallest absolute Gasteiger partial charge is 0.196 e. The van der Waals surface area contributed by atoms with Crippen LogP contribution in [0.3, 0.4) is 0 Å². The summed E-state index contributed by atoms with van der Waals surface area (Å²) in [5, 5.41) is 3.31. The predicted molar refractivity (Wildman–Crippen MR) is 68.8 cm³/mol. The lowest BCUT2D eigenvalue weighted by molar-refractivity contribution is 0.492. The molecule has 1 N–H and O–H groups in total. The molecule has 2 rings (SSSR count). The second-order valence-electron chi connectivity index (χ2n) is 3.73. The van der Waals surface area contributed by atoms with Crippen molar-refractivity contribution in [3.63, 3.8) is 0 Å². The third kappa shape index (κ3) is 3.20. The van der Waals surface area contributed by atoms with Gasteiger partial charge < -0.3 is 14.2 Å².